The molecule has 4 nitrogen and oxygen atoms in total. The minimum atomic E-state index is 0.637. The highest BCUT2D eigenvalue weighted by Gasteiger charge is 2.13. The van der Waals surface area contributed by atoms with Crippen LogP contribution >= 0.6 is 15.9 Å². The maximum Gasteiger partial charge on any atom is 0.144 e. The van der Waals surface area contributed by atoms with Gasteiger partial charge in [-0.3, -0.25) is 0 Å². The molecule has 0 saturated heterocycles. The molecule has 0 aliphatic carbocycles. The Kier molecular flexibility index (Phi) is 6.14. The number of hydrogen-bond acceptors (Lipinski definition) is 4. The van der Waals surface area contributed by atoms with Gasteiger partial charge in [0.05, 0.1) is 16.8 Å². The predicted molar refractivity (Wildman–Crippen MR) is 89.5 cm³/mol. The predicted octanol–water partition coefficient (Wildman–Crippen LogP) is 3.92. The van der Waals surface area contributed by atoms with Crippen LogP contribution in [0.3, 0.4) is 0 Å². The Morgan fingerprint density at radius 2 is 1.90 bits per heavy atom. The van der Waals surface area contributed by atoms with Gasteiger partial charge in [0.15, 0.2) is 0 Å². The first-order valence-corrected chi connectivity index (χ1v) is 7.99. The van der Waals surface area contributed by atoms with Crippen molar-refractivity contribution in [2.24, 2.45) is 0 Å². The van der Waals surface area contributed by atoms with E-state index in [-0.39, 0.29) is 0 Å². The van der Waals surface area contributed by atoms with Gasteiger partial charge >= 0.3 is 0 Å². The average molecular weight is 350 g/mol. The van der Waals surface area contributed by atoms with Crippen molar-refractivity contribution in [1.29, 1.82) is 0 Å². The third-order valence-corrected chi connectivity index (χ3v) is 3.71. The molecule has 0 saturated carbocycles. The van der Waals surface area contributed by atoms with E-state index < -0.39 is 0 Å². The van der Waals surface area contributed by atoms with Crippen molar-refractivity contribution in [2.45, 2.75) is 20.3 Å². The number of anilines is 1. The number of ether oxygens (including phenoxy) is 1. The SMILES string of the molecule is CCNc1nc(CCOCC)nc(-c2ccccc2)c1Br. The normalized spacial score (nSPS) is 10.6. The number of hydrogen-bond donors (Lipinski definition) is 1. The third kappa shape index (κ3) is 4.25. The van der Waals surface area contributed by atoms with Crippen LogP contribution in [0.4, 0.5) is 5.82 Å². The molecule has 0 fully saturated rings. The van der Waals surface area contributed by atoms with Crippen LogP contribution in [0.15, 0.2) is 34.8 Å². The molecule has 2 rings (SSSR count). The fourth-order valence-electron chi connectivity index (χ4n) is 1.98. The van der Waals surface area contributed by atoms with E-state index in [0.29, 0.717) is 19.6 Å². The van der Waals surface area contributed by atoms with Crippen LogP contribution in [0.2, 0.25) is 0 Å². The molecular weight excluding hydrogens is 330 g/mol. The smallest absolute Gasteiger partial charge is 0.144 e. The van der Waals surface area contributed by atoms with Crippen LogP contribution in [0.5, 0.6) is 0 Å². The van der Waals surface area contributed by atoms with Crippen LogP contribution in [0.25, 0.3) is 11.3 Å². The van der Waals surface area contributed by atoms with Gasteiger partial charge in [-0.2, -0.15) is 0 Å². The van der Waals surface area contributed by atoms with Gasteiger partial charge in [-0.1, -0.05) is 30.3 Å². The fourth-order valence-corrected chi connectivity index (χ4v) is 2.53. The summed E-state index contributed by atoms with van der Waals surface area (Å²) >= 11 is 3.62. The standard InChI is InChI=1S/C16H20BrN3O/c1-3-18-16-14(17)15(12-8-6-5-7-9-12)19-13(20-16)10-11-21-4-2/h5-9H,3-4,10-11H2,1-2H3,(H,18,19,20). The lowest BCUT2D eigenvalue weighted by Gasteiger charge is -2.12. The van der Waals surface area contributed by atoms with Crippen molar-refractivity contribution in [1.82, 2.24) is 9.97 Å². The van der Waals surface area contributed by atoms with E-state index in [4.69, 9.17) is 4.74 Å². The van der Waals surface area contributed by atoms with Gasteiger partial charge in [0.2, 0.25) is 0 Å². The van der Waals surface area contributed by atoms with E-state index in [9.17, 15) is 0 Å². The van der Waals surface area contributed by atoms with E-state index in [1.807, 2.05) is 25.1 Å². The summed E-state index contributed by atoms with van der Waals surface area (Å²) in [6.45, 7) is 6.20. The number of halogens is 1. The van der Waals surface area contributed by atoms with E-state index in [2.05, 4.69) is 50.3 Å². The molecular formula is C16H20BrN3O. The van der Waals surface area contributed by atoms with E-state index >= 15 is 0 Å². The van der Waals surface area contributed by atoms with Crippen LogP contribution < -0.4 is 5.32 Å². The van der Waals surface area contributed by atoms with Crippen molar-refractivity contribution in [2.75, 3.05) is 25.1 Å². The maximum absolute atomic E-state index is 5.40. The highest BCUT2D eigenvalue weighted by Crippen LogP contribution is 2.31. The molecule has 0 aliphatic rings. The summed E-state index contributed by atoms with van der Waals surface area (Å²) in [5, 5.41) is 3.28. The van der Waals surface area contributed by atoms with Crippen molar-refractivity contribution in [3.05, 3.63) is 40.6 Å². The highest BCUT2D eigenvalue weighted by molar-refractivity contribution is 9.10. The van der Waals surface area contributed by atoms with Crippen molar-refractivity contribution in [3.8, 4) is 11.3 Å². The quantitative estimate of drug-likeness (QED) is 0.769. The summed E-state index contributed by atoms with van der Waals surface area (Å²) in [7, 11) is 0. The molecule has 0 atom stereocenters. The number of nitrogens with zero attached hydrogens (tertiary/aromatic N) is 2. The second-order valence-corrected chi connectivity index (χ2v) is 5.29. The van der Waals surface area contributed by atoms with Crippen LogP contribution in [0.1, 0.15) is 19.7 Å². The summed E-state index contributed by atoms with van der Waals surface area (Å²) in [5.74, 6) is 1.62. The Morgan fingerprint density at radius 3 is 2.57 bits per heavy atom. The van der Waals surface area contributed by atoms with E-state index in [1.165, 1.54) is 0 Å². The Bertz CT molecular complexity index is 575. The van der Waals surface area contributed by atoms with Gasteiger partial charge < -0.3 is 10.1 Å². The zero-order valence-corrected chi connectivity index (χ0v) is 14.0. The first-order chi connectivity index (χ1) is 10.3. The van der Waals surface area contributed by atoms with Crippen molar-refractivity contribution < 1.29 is 4.74 Å². The number of rotatable bonds is 7. The molecule has 0 radical (unpaired) electrons. The zero-order chi connectivity index (χ0) is 15.1. The Labute approximate surface area is 134 Å². The monoisotopic (exact) mass is 349 g/mol. The summed E-state index contributed by atoms with van der Waals surface area (Å²) < 4.78 is 6.30. The minimum absolute atomic E-state index is 0.637. The second-order valence-electron chi connectivity index (χ2n) is 4.49. The topological polar surface area (TPSA) is 47.0 Å². The number of benzene rings is 1. The first-order valence-electron chi connectivity index (χ1n) is 7.19. The summed E-state index contributed by atoms with van der Waals surface area (Å²) in [6, 6.07) is 10.1. The van der Waals surface area contributed by atoms with Crippen LogP contribution in [-0.2, 0) is 11.2 Å². The van der Waals surface area contributed by atoms with Gasteiger partial charge in [-0.25, -0.2) is 9.97 Å². The molecule has 0 unspecified atom stereocenters. The molecule has 5 heteroatoms. The van der Waals surface area contributed by atoms with E-state index in [1.54, 1.807) is 0 Å². The van der Waals surface area contributed by atoms with Gasteiger partial charge in [-0.05, 0) is 29.8 Å². The number of nitrogens with one attached hydrogen (secondary N) is 1. The van der Waals surface area contributed by atoms with Crippen molar-refractivity contribution in [3.63, 3.8) is 0 Å². The van der Waals surface area contributed by atoms with Gasteiger partial charge in [0.1, 0.15) is 11.6 Å². The lowest BCUT2D eigenvalue weighted by atomic mass is 10.1. The molecule has 21 heavy (non-hydrogen) atoms. The molecule has 1 aromatic carbocycles. The molecule has 1 aromatic heterocycles. The summed E-state index contributed by atoms with van der Waals surface area (Å²) in [4.78, 5) is 9.25. The Hall–Kier alpha value is -1.46. The van der Waals surface area contributed by atoms with Gasteiger partial charge in [0.25, 0.3) is 0 Å². The largest absolute Gasteiger partial charge is 0.381 e. The lowest BCUT2D eigenvalue weighted by molar-refractivity contribution is 0.149. The average Bonchev–Trinajstić information content (AvgIpc) is 2.51. The van der Waals surface area contributed by atoms with Crippen molar-refractivity contribution >= 4 is 21.7 Å². The van der Waals surface area contributed by atoms with Crippen LogP contribution in [-0.4, -0.2) is 29.7 Å². The minimum Gasteiger partial charge on any atom is -0.381 e. The molecule has 0 bridgehead atoms. The van der Waals surface area contributed by atoms with E-state index in [0.717, 1.165) is 33.9 Å². The molecule has 1 N–H and O–H groups in total. The Morgan fingerprint density at radius 1 is 1.14 bits per heavy atom. The second kappa shape index (κ2) is 8.10. The zero-order valence-electron chi connectivity index (χ0n) is 12.4. The lowest BCUT2D eigenvalue weighted by Crippen LogP contribution is -2.08. The van der Waals surface area contributed by atoms with Gasteiger partial charge in [-0.15, -0.1) is 0 Å². The number of aromatic nitrogens is 2. The highest BCUT2D eigenvalue weighted by atomic mass is 79.9. The fraction of sp³-hybridized carbons (Fsp3) is 0.375. The molecule has 1 heterocycles. The summed E-state index contributed by atoms with van der Waals surface area (Å²) in [6.07, 6.45) is 0.708. The molecule has 2 aromatic rings. The Balaban J connectivity index is 2.37. The van der Waals surface area contributed by atoms with Gasteiger partial charge in [0, 0.05) is 25.1 Å². The molecule has 112 valence electrons. The maximum atomic E-state index is 5.40. The molecule has 0 amide bonds. The third-order valence-electron chi connectivity index (χ3n) is 2.96. The molecule has 0 aliphatic heterocycles. The summed E-state index contributed by atoms with van der Waals surface area (Å²) in [5.41, 5.74) is 1.98. The first kappa shape index (κ1) is 15.9. The molecule has 0 spiro atoms. The van der Waals surface area contributed by atoms with Crippen LogP contribution in [0, 0.1) is 0 Å².